The third-order valence-electron chi connectivity index (χ3n) is 6.72. The fourth-order valence-electron chi connectivity index (χ4n) is 4.95. The molecule has 2 aliphatic rings. The van der Waals surface area contributed by atoms with Crippen LogP contribution < -0.4 is 24.6 Å². The van der Waals surface area contributed by atoms with Crippen molar-refractivity contribution in [3.63, 3.8) is 0 Å². The molecule has 0 spiro atoms. The molecule has 2 aliphatic heterocycles. The van der Waals surface area contributed by atoms with Gasteiger partial charge in [0.25, 0.3) is 0 Å². The maximum atomic E-state index is 13.4. The third-order valence-corrected chi connectivity index (χ3v) is 6.72. The van der Waals surface area contributed by atoms with Crippen molar-refractivity contribution >= 4 is 17.3 Å². The maximum absolute atomic E-state index is 13.4. The molecule has 2 atom stereocenters. The Labute approximate surface area is 193 Å². The first-order valence-electron chi connectivity index (χ1n) is 11.3. The Bertz CT molecular complexity index is 1100. The van der Waals surface area contributed by atoms with Gasteiger partial charge in [-0.25, -0.2) is 0 Å². The average Bonchev–Trinajstić information content (AvgIpc) is 3.40. The highest BCUT2D eigenvalue weighted by atomic mass is 16.5. The number of anilines is 2. The molecule has 7 heteroatoms. The Hall–Kier alpha value is -3.61. The van der Waals surface area contributed by atoms with Crippen molar-refractivity contribution in [3.8, 4) is 11.5 Å². The predicted molar refractivity (Wildman–Crippen MR) is 127 cm³/mol. The van der Waals surface area contributed by atoms with E-state index in [1.165, 1.54) is 11.3 Å². The highest BCUT2D eigenvalue weighted by Crippen LogP contribution is 2.39. The summed E-state index contributed by atoms with van der Waals surface area (Å²) in [4.78, 5) is 18.1. The van der Waals surface area contributed by atoms with Gasteiger partial charge in [-0.05, 0) is 54.4 Å². The van der Waals surface area contributed by atoms with E-state index >= 15 is 0 Å². The lowest BCUT2D eigenvalue weighted by Crippen LogP contribution is -2.61. The molecule has 1 amide bonds. The predicted octanol–water partition coefficient (Wildman–Crippen LogP) is 3.48. The van der Waals surface area contributed by atoms with Gasteiger partial charge in [-0.15, -0.1) is 0 Å². The maximum Gasteiger partial charge on any atom is 0.225 e. The summed E-state index contributed by atoms with van der Waals surface area (Å²) in [5.74, 6) is 2.32. The van der Waals surface area contributed by atoms with Crippen LogP contribution >= 0.6 is 0 Å². The first kappa shape index (κ1) is 21.2. The molecule has 2 aromatic carbocycles. The van der Waals surface area contributed by atoms with Crippen LogP contribution in [0.3, 0.4) is 0 Å². The number of amides is 1. The van der Waals surface area contributed by atoms with Crippen molar-refractivity contribution in [1.82, 2.24) is 5.32 Å². The summed E-state index contributed by atoms with van der Waals surface area (Å²) in [7, 11) is 3.36. The third kappa shape index (κ3) is 4.23. The molecule has 0 bridgehead atoms. The Morgan fingerprint density at radius 2 is 1.85 bits per heavy atom. The lowest BCUT2D eigenvalue weighted by molar-refractivity contribution is -0.126. The fourth-order valence-corrected chi connectivity index (χ4v) is 4.95. The molecule has 1 fully saturated rings. The number of hydrogen-bond acceptors (Lipinski definition) is 6. The number of hydrogen-bond donors (Lipinski definition) is 1. The van der Waals surface area contributed by atoms with Crippen LogP contribution in [0.1, 0.15) is 11.3 Å². The smallest absolute Gasteiger partial charge is 0.225 e. The molecule has 5 rings (SSSR count). The van der Waals surface area contributed by atoms with E-state index in [-0.39, 0.29) is 17.9 Å². The first-order chi connectivity index (χ1) is 16.2. The van der Waals surface area contributed by atoms with E-state index in [0.29, 0.717) is 13.0 Å². The molecule has 1 N–H and O–H groups in total. The van der Waals surface area contributed by atoms with Crippen LogP contribution in [-0.4, -0.2) is 45.8 Å². The lowest BCUT2D eigenvalue weighted by Gasteiger charge is -2.49. The molecular formula is C26H29N3O4. The minimum absolute atomic E-state index is 0.0528. The van der Waals surface area contributed by atoms with Crippen LogP contribution in [0.5, 0.6) is 11.5 Å². The van der Waals surface area contributed by atoms with Crippen LogP contribution in [0.4, 0.5) is 11.4 Å². The van der Waals surface area contributed by atoms with Crippen molar-refractivity contribution < 1.29 is 18.7 Å². The summed E-state index contributed by atoms with van der Waals surface area (Å²) in [6.45, 7) is 2.87. The zero-order chi connectivity index (χ0) is 22.8. The van der Waals surface area contributed by atoms with Gasteiger partial charge < -0.3 is 29.0 Å². The summed E-state index contributed by atoms with van der Waals surface area (Å²) in [6.07, 6.45) is 2.32. The van der Waals surface area contributed by atoms with Gasteiger partial charge in [-0.1, -0.05) is 6.07 Å². The number of methoxy groups -OCH3 is 2. The number of fused-ring (bicyclic) bond motifs is 3. The van der Waals surface area contributed by atoms with E-state index in [2.05, 4.69) is 39.4 Å². The van der Waals surface area contributed by atoms with Gasteiger partial charge >= 0.3 is 0 Å². The number of piperazine rings is 1. The largest absolute Gasteiger partial charge is 0.497 e. The molecule has 33 heavy (non-hydrogen) atoms. The van der Waals surface area contributed by atoms with Gasteiger partial charge in [0.05, 0.1) is 39.0 Å². The molecular weight excluding hydrogens is 418 g/mol. The van der Waals surface area contributed by atoms with Crippen molar-refractivity contribution in [3.05, 3.63) is 72.2 Å². The standard InChI is InChI=1S/C26H29N3O4/c1-31-20-9-6-19(7-10-20)28-11-12-29-24-15-21(32-2)8-5-18(24)14-23(25(29)17-28)26(30)27-16-22-4-3-13-33-22/h3-10,13,15,23,25H,11-12,14,16-17H2,1-2H3,(H,27,30)/t23-,25-/m0/s1. The number of nitrogens with zero attached hydrogens (tertiary/aromatic N) is 2. The van der Waals surface area contributed by atoms with Crippen LogP contribution in [0.15, 0.2) is 65.3 Å². The Balaban J connectivity index is 1.41. The Morgan fingerprint density at radius 3 is 2.58 bits per heavy atom. The van der Waals surface area contributed by atoms with Crippen molar-refractivity contribution in [1.29, 1.82) is 0 Å². The quantitative estimate of drug-likeness (QED) is 0.624. The minimum atomic E-state index is -0.165. The van der Waals surface area contributed by atoms with Crippen molar-refractivity contribution in [2.75, 3.05) is 43.7 Å². The summed E-state index contributed by atoms with van der Waals surface area (Å²) in [5, 5.41) is 3.09. The summed E-state index contributed by atoms with van der Waals surface area (Å²) < 4.78 is 16.2. The second kappa shape index (κ2) is 9.10. The zero-order valence-corrected chi connectivity index (χ0v) is 19.0. The Morgan fingerprint density at radius 1 is 1.06 bits per heavy atom. The molecule has 0 radical (unpaired) electrons. The molecule has 0 aliphatic carbocycles. The normalized spacial score (nSPS) is 19.5. The van der Waals surface area contributed by atoms with Gasteiger partial charge in [0.2, 0.25) is 5.91 Å². The van der Waals surface area contributed by atoms with Crippen LogP contribution in [-0.2, 0) is 17.8 Å². The monoisotopic (exact) mass is 447 g/mol. The van der Waals surface area contributed by atoms with Crippen molar-refractivity contribution in [2.45, 2.75) is 19.0 Å². The molecule has 0 saturated carbocycles. The van der Waals surface area contributed by atoms with Crippen LogP contribution in [0, 0.1) is 5.92 Å². The summed E-state index contributed by atoms with van der Waals surface area (Å²) in [6, 6.07) is 18.1. The van der Waals surface area contributed by atoms with Gasteiger partial charge in [-0.2, -0.15) is 0 Å². The lowest BCUT2D eigenvalue weighted by atomic mass is 9.83. The molecule has 1 aromatic heterocycles. The molecule has 7 nitrogen and oxygen atoms in total. The fraction of sp³-hybridized carbons (Fsp3) is 0.346. The van der Waals surface area contributed by atoms with Gasteiger partial charge in [0.15, 0.2) is 0 Å². The SMILES string of the molecule is COc1ccc(N2CCN3c4cc(OC)ccc4C[C@H](C(=O)NCc4ccco4)[C@@H]3C2)cc1. The molecule has 3 heterocycles. The second-order valence-electron chi connectivity index (χ2n) is 8.51. The number of carbonyl (C=O) groups is 1. The average molecular weight is 448 g/mol. The van der Waals surface area contributed by atoms with Crippen molar-refractivity contribution in [2.24, 2.45) is 5.92 Å². The first-order valence-corrected chi connectivity index (χ1v) is 11.3. The van der Waals surface area contributed by atoms with Gasteiger partial charge in [0.1, 0.15) is 17.3 Å². The summed E-state index contributed by atoms with van der Waals surface area (Å²) >= 11 is 0. The molecule has 172 valence electrons. The van der Waals surface area contributed by atoms with E-state index in [4.69, 9.17) is 13.9 Å². The number of benzene rings is 2. The number of nitrogens with one attached hydrogen (secondary N) is 1. The molecule has 0 unspecified atom stereocenters. The number of rotatable bonds is 6. The minimum Gasteiger partial charge on any atom is -0.497 e. The van der Waals surface area contributed by atoms with E-state index in [9.17, 15) is 4.79 Å². The van der Waals surface area contributed by atoms with Gasteiger partial charge in [0, 0.05) is 37.1 Å². The van der Waals surface area contributed by atoms with Gasteiger partial charge in [-0.3, -0.25) is 4.79 Å². The Kier molecular flexibility index (Phi) is 5.86. The topological polar surface area (TPSA) is 67.2 Å². The number of furan rings is 1. The van der Waals surface area contributed by atoms with Crippen LogP contribution in [0.25, 0.3) is 0 Å². The molecule has 3 aromatic rings. The van der Waals surface area contributed by atoms with E-state index in [0.717, 1.165) is 42.6 Å². The van der Waals surface area contributed by atoms with E-state index in [1.54, 1.807) is 20.5 Å². The highest BCUT2D eigenvalue weighted by molar-refractivity contribution is 5.82. The zero-order valence-electron chi connectivity index (χ0n) is 19.0. The molecule has 1 saturated heterocycles. The van der Waals surface area contributed by atoms with Crippen LogP contribution in [0.2, 0.25) is 0 Å². The summed E-state index contributed by atoms with van der Waals surface area (Å²) in [5.41, 5.74) is 3.49. The van der Waals surface area contributed by atoms with E-state index in [1.807, 2.05) is 30.3 Å². The highest BCUT2D eigenvalue weighted by Gasteiger charge is 2.41. The number of ether oxygens (including phenoxy) is 2. The van der Waals surface area contributed by atoms with E-state index < -0.39 is 0 Å². The second-order valence-corrected chi connectivity index (χ2v) is 8.51. The number of carbonyl (C=O) groups excluding carboxylic acids is 1.